The lowest BCUT2D eigenvalue weighted by Crippen LogP contribution is -2.42. The van der Waals surface area contributed by atoms with Gasteiger partial charge in [0.25, 0.3) is 5.91 Å². The van der Waals surface area contributed by atoms with Crippen molar-refractivity contribution in [1.29, 1.82) is 0 Å². The third kappa shape index (κ3) is 4.61. The van der Waals surface area contributed by atoms with Crippen LogP contribution in [0.5, 0.6) is 0 Å². The van der Waals surface area contributed by atoms with Crippen LogP contribution in [-0.4, -0.2) is 36.0 Å². The Kier molecular flexibility index (Phi) is 6.64. The molecular weight excluding hydrogens is 304 g/mol. The smallest absolute Gasteiger partial charge is 0.316 e. The Morgan fingerprint density at radius 1 is 1.32 bits per heavy atom. The van der Waals surface area contributed by atoms with E-state index in [9.17, 15) is 9.59 Å². The highest BCUT2D eigenvalue weighted by Crippen LogP contribution is 2.21. The number of nitrogens with zero attached hydrogens (tertiary/aromatic N) is 1. The maximum absolute atomic E-state index is 12.5. The predicted molar refractivity (Wildman–Crippen MR) is 89.2 cm³/mol. The van der Waals surface area contributed by atoms with Crippen LogP contribution in [0.1, 0.15) is 30.1 Å². The Hall–Kier alpha value is -1.79. The summed E-state index contributed by atoms with van der Waals surface area (Å²) in [4.78, 5) is 25.2. The molecule has 0 spiro atoms. The fourth-order valence-corrected chi connectivity index (χ4v) is 2.68. The van der Waals surface area contributed by atoms with Crippen molar-refractivity contribution < 1.29 is 9.59 Å². The summed E-state index contributed by atoms with van der Waals surface area (Å²) in [6.07, 6.45) is 1.87. The highest BCUT2D eigenvalue weighted by Gasteiger charge is 2.25. The minimum atomic E-state index is -0.641. The zero-order valence-electron chi connectivity index (χ0n) is 12.6. The third-order valence-electron chi connectivity index (χ3n) is 3.95. The molecule has 1 unspecified atom stereocenters. The molecule has 1 heterocycles. The molecule has 0 radical (unpaired) electrons. The molecule has 0 saturated carbocycles. The minimum Gasteiger partial charge on any atom is -0.351 e. The predicted octanol–water partition coefficient (Wildman–Crippen LogP) is 1.80. The minimum absolute atomic E-state index is 0. The SMILES string of the molecule is CC(N)C1CCN(C(=O)c2cccc(NC(N)=O)c2)CC1.Cl. The van der Waals surface area contributed by atoms with Crippen molar-refractivity contribution in [3.8, 4) is 0 Å². The maximum atomic E-state index is 12.5. The molecule has 1 fully saturated rings. The van der Waals surface area contributed by atoms with Crippen LogP contribution in [0, 0.1) is 5.92 Å². The number of nitrogens with two attached hydrogens (primary N) is 2. The first-order chi connectivity index (χ1) is 9.97. The summed E-state index contributed by atoms with van der Waals surface area (Å²) < 4.78 is 0. The highest BCUT2D eigenvalue weighted by molar-refractivity contribution is 5.96. The van der Waals surface area contributed by atoms with Crippen molar-refractivity contribution in [1.82, 2.24) is 4.90 Å². The molecule has 6 nitrogen and oxygen atoms in total. The number of nitrogens with one attached hydrogen (secondary N) is 1. The number of hydrogen-bond acceptors (Lipinski definition) is 3. The molecule has 1 aliphatic heterocycles. The van der Waals surface area contributed by atoms with Crippen molar-refractivity contribution in [2.75, 3.05) is 18.4 Å². The van der Waals surface area contributed by atoms with E-state index in [1.165, 1.54) is 0 Å². The van der Waals surface area contributed by atoms with Gasteiger partial charge in [-0.15, -0.1) is 12.4 Å². The van der Waals surface area contributed by atoms with E-state index in [1.54, 1.807) is 24.3 Å². The molecule has 5 N–H and O–H groups in total. The highest BCUT2D eigenvalue weighted by atomic mass is 35.5. The molecule has 1 atom stereocenters. The Labute approximate surface area is 136 Å². The molecule has 1 aliphatic rings. The summed E-state index contributed by atoms with van der Waals surface area (Å²) >= 11 is 0. The zero-order chi connectivity index (χ0) is 15.4. The van der Waals surface area contributed by atoms with Crippen molar-refractivity contribution in [3.63, 3.8) is 0 Å². The Morgan fingerprint density at radius 2 is 1.95 bits per heavy atom. The van der Waals surface area contributed by atoms with Gasteiger partial charge in [0.15, 0.2) is 0 Å². The number of piperidine rings is 1. The average molecular weight is 327 g/mol. The summed E-state index contributed by atoms with van der Waals surface area (Å²) in [6, 6.07) is 6.34. The third-order valence-corrected chi connectivity index (χ3v) is 3.95. The van der Waals surface area contributed by atoms with E-state index >= 15 is 0 Å². The molecule has 2 rings (SSSR count). The lowest BCUT2D eigenvalue weighted by Gasteiger charge is -2.33. The van der Waals surface area contributed by atoms with E-state index in [1.807, 2.05) is 11.8 Å². The van der Waals surface area contributed by atoms with Gasteiger partial charge < -0.3 is 21.7 Å². The van der Waals surface area contributed by atoms with Crippen molar-refractivity contribution in [3.05, 3.63) is 29.8 Å². The Morgan fingerprint density at radius 3 is 2.50 bits per heavy atom. The second-order valence-corrected chi connectivity index (χ2v) is 5.56. The van der Waals surface area contributed by atoms with E-state index in [2.05, 4.69) is 5.32 Å². The lowest BCUT2D eigenvalue weighted by atomic mass is 9.90. The number of hydrogen-bond donors (Lipinski definition) is 3. The van der Waals surface area contributed by atoms with Crippen LogP contribution in [0.25, 0.3) is 0 Å². The molecule has 1 aromatic rings. The topological polar surface area (TPSA) is 101 Å². The van der Waals surface area contributed by atoms with Gasteiger partial charge in [-0.1, -0.05) is 6.07 Å². The number of anilines is 1. The molecule has 0 aliphatic carbocycles. The summed E-state index contributed by atoms with van der Waals surface area (Å²) in [6.45, 7) is 3.46. The number of primary amides is 1. The summed E-state index contributed by atoms with van der Waals surface area (Å²) in [7, 11) is 0. The van der Waals surface area contributed by atoms with Gasteiger partial charge >= 0.3 is 6.03 Å². The van der Waals surface area contributed by atoms with E-state index in [-0.39, 0.29) is 24.4 Å². The molecular formula is C15H23ClN4O2. The molecule has 22 heavy (non-hydrogen) atoms. The van der Waals surface area contributed by atoms with Crippen molar-refractivity contribution in [2.45, 2.75) is 25.8 Å². The maximum Gasteiger partial charge on any atom is 0.316 e. The van der Waals surface area contributed by atoms with Crippen LogP contribution >= 0.6 is 12.4 Å². The van der Waals surface area contributed by atoms with Crippen LogP contribution in [0.4, 0.5) is 10.5 Å². The number of rotatable bonds is 3. The summed E-state index contributed by atoms with van der Waals surface area (Å²) in [5, 5.41) is 2.48. The molecule has 7 heteroatoms. The standard InChI is InChI=1S/C15H22N4O2.ClH/c1-10(16)11-5-7-19(8-6-11)14(20)12-3-2-4-13(9-12)18-15(17)21;/h2-4,9-11H,5-8,16H2,1H3,(H3,17,18,21);1H. The first kappa shape index (κ1) is 18.3. The number of benzene rings is 1. The van der Waals surface area contributed by atoms with Crippen LogP contribution in [0.2, 0.25) is 0 Å². The van der Waals surface area contributed by atoms with Gasteiger partial charge in [-0.3, -0.25) is 4.79 Å². The molecule has 1 aromatic carbocycles. The van der Waals surface area contributed by atoms with Gasteiger partial charge in [-0.2, -0.15) is 0 Å². The quantitative estimate of drug-likeness (QED) is 0.789. The van der Waals surface area contributed by atoms with Gasteiger partial charge in [0.1, 0.15) is 0 Å². The monoisotopic (exact) mass is 326 g/mol. The number of halogens is 1. The zero-order valence-corrected chi connectivity index (χ0v) is 13.4. The lowest BCUT2D eigenvalue weighted by molar-refractivity contribution is 0.0681. The normalized spacial score (nSPS) is 16.5. The number of amides is 3. The number of carbonyl (C=O) groups is 2. The van der Waals surface area contributed by atoms with Gasteiger partial charge in [-0.05, 0) is 43.9 Å². The first-order valence-corrected chi connectivity index (χ1v) is 7.18. The molecule has 0 bridgehead atoms. The van der Waals surface area contributed by atoms with Crippen LogP contribution in [-0.2, 0) is 0 Å². The van der Waals surface area contributed by atoms with E-state index in [0.29, 0.717) is 17.2 Å². The van der Waals surface area contributed by atoms with E-state index < -0.39 is 6.03 Å². The van der Waals surface area contributed by atoms with Gasteiger partial charge in [0.2, 0.25) is 0 Å². The molecule has 1 saturated heterocycles. The van der Waals surface area contributed by atoms with Gasteiger partial charge in [-0.25, -0.2) is 4.79 Å². The second-order valence-electron chi connectivity index (χ2n) is 5.56. The molecule has 122 valence electrons. The van der Waals surface area contributed by atoms with Crippen LogP contribution in [0.3, 0.4) is 0 Å². The van der Waals surface area contributed by atoms with Crippen LogP contribution < -0.4 is 16.8 Å². The van der Waals surface area contributed by atoms with Gasteiger partial charge in [0.05, 0.1) is 0 Å². The fraction of sp³-hybridized carbons (Fsp3) is 0.467. The second kappa shape index (κ2) is 8.00. The van der Waals surface area contributed by atoms with E-state index in [4.69, 9.17) is 11.5 Å². The van der Waals surface area contributed by atoms with E-state index in [0.717, 1.165) is 25.9 Å². The average Bonchev–Trinajstić information content (AvgIpc) is 2.46. The summed E-state index contributed by atoms with van der Waals surface area (Å²) in [5.41, 5.74) is 12.1. The Bertz CT molecular complexity index is 528. The molecule has 0 aromatic heterocycles. The van der Waals surface area contributed by atoms with Gasteiger partial charge in [0, 0.05) is 30.4 Å². The Balaban J connectivity index is 0.00000242. The summed E-state index contributed by atoms with van der Waals surface area (Å²) in [5.74, 6) is 0.461. The fourth-order valence-electron chi connectivity index (χ4n) is 2.68. The number of urea groups is 1. The first-order valence-electron chi connectivity index (χ1n) is 7.18. The number of carbonyl (C=O) groups excluding carboxylic acids is 2. The van der Waals surface area contributed by atoms with Crippen LogP contribution in [0.15, 0.2) is 24.3 Å². The van der Waals surface area contributed by atoms with Crippen molar-refractivity contribution in [2.24, 2.45) is 17.4 Å². The van der Waals surface area contributed by atoms with Crippen molar-refractivity contribution >= 4 is 30.0 Å². The molecule has 3 amide bonds. The number of likely N-dealkylation sites (tertiary alicyclic amines) is 1. The largest absolute Gasteiger partial charge is 0.351 e.